The number of benzene rings is 1. The summed E-state index contributed by atoms with van der Waals surface area (Å²) in [4.78, 5) is 0. The van der Waals surface area contributed by atoms with E-state index in [0.717, 1.165) is 17.0 Å². The summed E-state index contributed by atoms with van der Waals surface area (Å²) in [5.41, 5.74) is 3.40. The highest BCUT2D eigenvalue weighted by molar-refractivity contribution is 6.33. The maximum atomic E-state index is 13.8. The fourth-order valence-electron chi connectivity index (χ4n) is 2.34. The van der Waals surface area contributed by atoms with E-state index in [9.17, 15) is 4.39 Å². The molecule has 2 rings (SSSR count). The van der Waals surface area contributed by atoms with E-state index in [0.29, 0.717) is 10.7 Å². The second-order valence-electron chi connectivity index (χ2n) is 4.67. The van der Waals surface area contributed by atoms with E-state index in [4.69, 9.17) is 11.6 Å². The Bertz CT molecular complexity index is 587. The highest BCUT2D eigenvalue weighted by Gasteiger charge is 2.18. The number of rotatable bonds is 3. The van der Waals surface area contributed by atoms with Gasteiger partial charge < -0.3 is 5.32 Å². The topological polar surface area (TPSA) is 29.9 Å². The van der Waals surface area contributed by atoms with Gasteiger partial charge in [0.25, 0.3) is 0 Å². The lowest BCUT2D eigenvalue weighted by molar-refractivity contribution is 0.627. The quantitative estimate of drug-likeness (QED) is 0.921. The summed E-state index contributed by atoms with van der Waals surface area (Å²) in [5, 5.41) is 7.88. The van der Waals surface area contributed by atoms with Crippen molar-refractivity contribution in [1.82, 2.24) is 9.78 Å². The predicted octanol–water partition coefficient (Wildman–Crippen LogP) is 4.00. The molecule has 0 aliphatic carbocycles. The molecule has 0 fully saturated rings. The van der Waals surface area contributed by atoms with Crippen molar-refractivity contribution in [3.05, 3.63) is 46.0 Å². The number of aromatic nitrogens is 2. The van der Waals surface area contributed by atoms with Gasteiger partial charge in [-0.3, -0.25) is 4.68 Å². The molecule has 3 nitrogen and oxygen atoms in total. The van der Waals surface area contributed by atoms with Gasteiger partial charge in [-0.1, -0.05) is 17.7 Å². The van der Waals surface area contributed by atoms with Gasteiger partial charge in [-0.25, -0.2) is 4.39 Å². The van der Waals surface area contributed by atoms with Crippen LogP contribution < -0.4 is 5.32 Å². The molecule has 5 heteroatoms. The van der Waals surface area contributed by atoms with E-state index in [1.165, 1.54) is 6.07 Å². The third-order valence-corrected chi connectivity index (χ3v) is 3.64. The summed E-state index contributed by atoms with van der Waals surface area (Å²) in [6, 6.07) is 4.59. The molecule has 1 N–H and O–H groups in total. The van der Waals surface area contributed by atoms with Crippen molar-refractivity contribution in [2.24, 2.45) is 7.05 Å². The third kappa shape index (κ3) is 2.59. The Morgan fingerprint density at radius 2 is 2.05 bits per heavy atom. The van der Waals surface area contributed by atoms with E-state index in [1.54, 1.807) is 12.1 Å². The molecule has 102 valence electrons. The maximum Gasteiger partial charge on any atom is 0.147 e. The monoisotopic (exact) mass is 281 g/mol. The molecule has 1 aromatic carbocycles. The SMILES string of the molecule is Cc1nn(C)c(C)c1C(C)Nc1c(F)cccc1Cl. The number of nitrogens with one attached hydrogen (secondary N) is 1. The number of nitrogens with zero attached hydrogens (tertiary/aromatic N) is 2. The average molecular weight is 282 g/mol. The Morgan fingerprint density at radius 1 is 1.37 bits per heavy atom. The van der Waals surface area contributed by atoms with Gasteiger partial charge in [-0.2, -0.15) is 5.10 Å². The van der Waals surface area contributed by atoms with Crippen molar-refractivity contribution in [3.63, 3.8) is 0 Å². The smallest absolute Gasteiger partial charge is 0.147 e. The fraction of sp³-hybridized carbons (Fsp3) is 0.357. The molecule has 2 aromatic rings. The highest BCUT2D eigenvalue weighted by Crippen LogP contribution is 2.30. The van der Waals surface area contributed by atoms with Gasteiger partial charge >= 0.3 is 0 Å². The van der Waals surface area contributed by atoms with Crippen LogP contribution in [-0.4, -0.2) is 9.78 Å². The summed E-state index contributed by atoms with van der Waals surface area (Å²) >= 11 is 6.02. The predicted molar refractivity (Wildman–Crippen MR) is 76.1 cm³/mol. The third-order valence-electron chi connectivity index (χ3n) is 3.32. The first-order valence-electron chi connectivity index (χ1n) is 6.12. The van der Waals surface area contributed by atoms with Gasteiger partial charge in [0.15, 0.2) is 0 Å². The molecule has 1 atom stereocenters. The molecular weight excluding hydrogens is 265 g/mol. The van der Waals surface area contributed by atoms with Crippen LogP contribution in [0.1, 0.15) is 29.9 Å². The molecule has 0 aliphatic heterocycles. The molecule has 1 heterocycles. The van der Waals surface area contributed by atoms with Crippen molar-refractivity contribution >= 4 is 17.3 Å². The Hall–Kier alpha value is -1.55. The number of hydrogen-bond donors (Lipinski definition) is 1. The molecule has 1 unspecified atom stereocenters. The Balaban J connectivity index is 2.33. The minimum atomic E-state index is -0.349. The second-order valence-corrected chi connectivity index (χ2v) is 5.08. The molecule has 0 spiro atoms. The van der Waals surface area contributed by atoms with Gasteiger partial charge in [-0.15, -0.1) is 0 Å². The van der Waals surface area contributed by atoms with Crippen LogP contribution >= 0.6 is 11.6 Å². The molecule has 0 amide bonds. The van der Waals surface area contributed by atoms with Crippen molar-refractivity contribution in [3.8, 4) is 0 Å². The van der Waals surface area contributed by atoms with Crippen LogP contribution in [0.25, 0.3) is 0 Å². The first-order valence-corrected chi connectivity index (χ1v) is 6.50. The van der Waals surface area contributed by atoms with E-state index < -0.39 is 0 Å². The number of hydrogen-bond acceptors (Lipinski definition) is 2. The van der Waals surface area contributed by atoms with Gasteiger partial charge in [0.1, 0.15) is 5.82 Å². The Labute approximate surface area is 117 Å². The molecule has 1 aromatic heterocycles. The van der Waals surface area contributed by atoms with E-state index in [2.05, 4.69) is 10.4 Å². The lowest BCUT2D eigenvalue weighted by Gasteiger charge is -2.17. The molecule has 0 radical (unpaired) electrons. The molecule has 0 saturated heterocycles. The normalized spacial score (nSPS) is 12.5. The van der Waals surface area contributed by atoms with E-state index in [1.807, 2.05) is 32.5 Å². The zero-order chi connectivity index (χ0) is 14.2. The standard InChI is InChI=1S/C14H17ClFN3/c1-8(13-9(2)18-19(4)10(13)3)17-14-11(15)6-5-7-12(14)16/h5-8,17H,1-4H3. The number of anilines is 1. The minimum Gasteiger partial charge on any atom is -0.375 e. The van der Waals surface area contributed by atoms with Gasteiger partial charge in [0.05, 0.1) is 22.4 Å². The van der Waals surface area contributed by atoms with Crippen molar-refractivity contribution in [2.75, 3.05) is 5.32 Å². The average Bonchev–Trinajstić information content (AvgIpc) is 2.58. The number of halogens is 2. The Morgan fingerprint density at radius 3 is 2.58 bits per heavy atom. The van der Waals surface area contributed by atoms with Gasteiger partial charge in [0.2, 0.25) is 0 Å². The summed E-state index contributed by atoms with van der Waals surface area (Å²) in [6.45, 7) is 5.92. The summed E-state index contributed by atoms with van der Waals surface area (Å²) < 4.78 is 15.6. The second kappa shape index (κ2) is 5.21. The van der Waals surface area contributed by atoms with E-state index in [-0.39, 0.29) is 11.9 Å². The summed E-state index contributed by atoms with van der Waals surface area (Å²) in [6.07, 6.45) is 0. The number of para-hydroxylation sites is 1. The number of aryl methyl sites for hydroxylation is 2. The van der Waals surface area contributed by atoms with Crippen LogP contribution in [0.5, 0.6) is 0 Å². The zero-order valence-electron chi connectivity index (χ0n) is 11.5. The van der Waals surface area contributed by atoms with Crippen LogP contribution in [0, 0.1) is 19.7 Å². The first kappa shape index (κ1) is 13.9. The summed E-state index contributed by atoms with van der Waals surface area (Å²) in [5.74, 6) is -0.349. The minimum absolute atomic E-state index is 0.0666. The highest BCUT2D eigenvalue weighted by atomic mass is 35.5. The van der Waals surface area contributed by atoms with Crippen LogP contribution in [0.4, 0.5) is 10.1 Å². The molecule has 0 saturated carbocycles. The zero-order valence-corrected chi connectivity index (χ0v) is 12.2. The molecule has 0 aliphatic rings. The van der Waals surface area contributed by atoms with Crippen molar-refractivity contribution in [2.45, 2.75) is 26.8 Å². The van der Waals surface area contributed by atoms with Crippen LogP contribution in [0.2, 0.25) is 5.02 Å². The molecule has 0 bridgehead atoms. The van der Waals surface area contributed by atoms with Gasteiger partial charge in [0, 0.05) is 18.3 Å². The van der Waals surface area contributed by atoms with Gasteiger partial charge in [-0.05, 0) is 32.9 Å². The van der Waals surface area contributed by atoms with Crippen LogP contribution in [-0.2, 0) is 7.05 Å². The van der Waals surface area contributed by atoms with E-state index >= 15 is 0 Å². The largest absolute Gasteiger partial charge is 0.375 e. The lowest BCUT2D eigenvalue weighted by Crippen LogP contribution is -2.10. The Kier molecular flexibility index (Phi) is 3.80. The fourth-order valence-corrected chi connectivity index (χ4v) is 2.56. The van der Waals surface area contributed by atoms with Crippen molar-refractivity contribution in [1.29, 1.82) is 0 Å². The van der Waals surface area contributed by atoms with Crippen LogP contribution in [0.15, 0.2) is 18.2 Å². The lowest BCUT2D eigenvalue weighted by atomic mass is 10.1. The maximum absolute atomic E-state index is 13.8. The summed E-state index contributed by atoms with van der Waals surface area (Å²) in [7, 11) is 1.90. The van der Waals surface area contributed by atoms with Crippen LogP contribution in [0.3, 0.4) is 0 Å². The first-order chi connectivity index (χ1) is 8.91. The molecular formula is C14H17ClFN3. The molecule has 19 heavy (non-hydrogen) atoms. The van der Waals surface area contributed by atoms with Crippen molar-refractivity contribution < 1.29 is 4.39 Å².